The molecule has 0 radical (unpaired) electrons. The van der Waals surface area contributed by atoms with Gasteiger partial charge in [0.15, 0.2) is 5.75 Å². The molecule has 1 unspecified atom stereocenters. The molecule has 4 aliphatic heterocycles. The van der Waals surface area contributed by atoms with Gasteiger partial charge in [-0.25, -0.2) is 10.4 Å². The lowest BCUT2D eigenvalue weighted by Gasteiger charge is -2.35. The average molecular weight is 839 g/mol. The molecule has 15 heteroatoms. The van der Waals surface area contributed by atoms with Crippen molar-refractivity contribution in [3.8, 4) is 28.3 Å². The summed E-state index contributed by atoms with van der Waals surface area (Å²) in [5, 5.41) is 8.31. The number of cyclic esters (lactones) is 1. The highest BCUT2D eigenvalue weighted by molar-refractivity contribution is 7.10. The van der Waals surface area contributed by atoms with E-state index in [4.69, 9.17) is 24.2 Å². The summed E-state index contributed by atoms with van der Waals surface area (Å²) in [5.41, 5.74) is 10.0. The number of pyridine rings is 1. The van der Waals surface area contributed by atoms with Gasteiger partial charge in [-0.05, 0) is 89.1 Å². The van der Waals surface area contributed by atoms with E-state index >= 15 is 0 Å². The van der Waals surface area contributed by atoms with E-state index in [0.29, 0.717) is 25.1 Å². The summed E-state index contributed by atoms with van der Waals surface area (Å²) in [5.74, 6) is 0.224. The fourth-order valence-corrected chi connectivity index (χ4v) is 10.4. The molecular formula is C45H58N8O6S. The maximum atomic E-state index is 14.2. The molecule has 3 aromatic heterocycles. The Bertz CT molecular complexity index is 2310. The van der Waals surface area contributed by atoms with Gasteiger partial charge < -0.3 is 33.9 Å². The molecule has 7 heterocycles. The van der Waals surface area contributed by atoms with Gasteiger partial charge in [0.2, 0.25) is 5.91 Å². The molecule has 2 saturated heterocycles. The number of amides is 2. The predicted octanol–water partition coefficient (Wildman–Crippen LogP) is 5.37. The molecule has 2 N–H and O–H groups in total. The smallest absolute Gasteiger partial charge is 0.325 e. The number of nitrogens with zero attached hydrogens (tertiary/aromatic N) is 6. The molecule has 1 aliphatic carbocycles. The summed E-state index contributed by atoms with van der Waals surface area (Å²) < 4.78 is 21.6. The summed E-state index contributed by atoms with van der Waals surface area (Å²) >= 11 is 1.49. The van der Waals surface area contributed by atoms with E-state index in [1.165, 1.54) is 21.9 Å². The van der Waals surface area contributed by atoms with E-state index in [1.54, 1.807) is 7.11 Å². The van der Waals surface area contributed by atoms with Gasteiger partial charge in [0.25, 0.3) is 5.91 Å². The largest absolute Gasteiger partial charge is 0.481 e. The van der Waals surface area contributed by atoms with Crippen LogP contribution >= 0.6 is 11.3 Å². The Balaban J connectivity index is 1.19. The molecule has 0 spiro atoms. The number of aryl methyl sites for hydroxylation is 2. The summed E-state index contributed by atoms with van der Waals surface area (Å²) in [4.78, 5) is 56.5. The number of likely N-dealkylation sites (N-methyl/N-ethyl adjacent to an activating group) is 1. The molecule has 3 fully saturated rings. The third kappa shape index (κ3) is 7.66. The molecule has 14 nitrogen and oxygen atoms in total. The molecule has 1 aromatic carbocycles. The van der Waals surface area contributed by atoms with Crippen molar-refractivity contribution in [2.45, 2.75) is 97.1 Å². The molecule has 320 valence electrons. The number of anilines is 1. The number of carbonyl (C=O) groups excluding carboxylic acids is 3. The van der Waals surface area contributed by atoms with Crippen molar-refractivity contribution in [3.05, 3.63) is 46.0 Å². The van der Waals surface area contributed by atoms with E-state index in [2.05, 4.69) is 64.2 Å². The number of nitrogens with one attached hydrogen (secondary N) is 2. The number of carbonyl (C=O) groups is 3. The second-order valence-electron chi connectivity index (χ2n) is 18.2. The van der Waals surface area contributed by atoms with Crippen LogP contribution in [-0.4, -0.2) is 113 Å². The van der Waals surface area contributed by atoms with Crippen LogP contribution in [0.3, 0.4) is 0 Å². The summed E-state index contributed by atoms with van der Waals surface area (Å²) in [7, 11) is 3.87. The Morgan fingerprint density at radius 3 is 2.60 bits per heavy atom. The van der Waals surface area contributed by atoms with Crippen molar-refractivity contribution >= 4 is 45.7 Å². The SMILES string of the molecule is CO[C@@H](C)c1ncc(N2CCN(C)CC2)cc1-c1c2c3cc(cc4c3n1CCC4)-c1csc(n1)C[C@H](NC(=O)C1[C@@H](C)[C@H]1C)C(=O)N1CCC[C@H](N1)C(=O)OCC(C)(C)O2. The number of hydrogen-bond donors (Lipinski definition) is 2. The zero-order valence-corrected chi connectivity index (χ0v) is 36.7. The van der Waals surface area contributed by atoms with Gasteiger partial charge in [0, 0.05) is 80.6 Å². The Hall–Kier alpha value is -4.57. The van der Waals surface area contributed by atoms with Crippen molar-refractivity contribution in [1.29, 1.82) is 0 Å². The number of aromatic nitrogens is 3. The second kappa shape index (κ2) is 16.0. The molecule has 60 heavy (non-hydrogen) atoms. The molecule has 6 bridgehead atoms. The number of hydrogen-bond acceptors (Lipinski definition) is 12. The fourth-order valence-electron chi connectivity index (χ4n) is 9.51. The van der Waals surface area contributed by atoms with Crippen molar-refractivity contribution in [2.24, 2.45) is 17.8 Å². The second-order valence-corrected chi connectivity index (χ2v) is 19.1. The third-order valence-electron chi connectivity index (χ3n) is 13.4. The molecule has 2 amide bonds. The van der Waals surface area contributed by atoms with E-state index in [0.717, 1.165) is 95.4 Å². The molecule has 1 saturated carbocycles. The Morgan fingerprint density at radius 2 is 1.85 bits per heavy atom. The van der Waals surface area contributed by atoms with Gasteiger partial charge in [-0.3, -0.25) is 24.4 Å². The first kappa shape index (κ1) is 40.8. The minimum Gasteiger partial charge on any atom is -0.481 e. The van der Waals surface area contributed by atoms with E-state index < -0.39 is 23.7 Å². The topological polar surface area (TPSA) is 143 Å². The zero-order chi connectivity index (χ0) is 42.0. The van der Waals surface area contributed by atoms with Crippen LogP contribution in [0.5, 0.6) is 5.75 Å². The number of rotatable bonds is 6. The molecule has 6 atom stereocenters. The third-order valence-corrected chi connectivity index (χ3v) is 14.3. The molecule has 4 aromatic rings. The average Bonchev–Trinajstić information content (AvgIpc) is 3.50. The lowest BCUT2D eigenvalue weighted by Crippen LogP contribution is -2.60. The van der Waals surface area contributed by atoms with E-state index in [9.17, 15) is 14.4 Å². The van der Waals surface area contributed by atoms with Gasteiger partial charge in [0.1, 0.15) is 24.3 Å². The van der Waals surface area contributed by atoms with Crippen LogP contribution < -0.4 is 20.4 Å². The predicted molar refractivity (Wildman–Crippen MR) is 231 cm³/mol. The first-order chi connectivity index (χ1) is 28.8. The number of esters is 1. The Kier molecular flexibility index (Phi) is 10.9. The van der Waals surface area contributed by atoms with E-state index in [1.807, 2.05) is 32.3 Å². The van der Waals surface area contributed by atoms with Gasteiger partial charge in [0.05, 0.1) is 45.6 Å². The Labute approximate surface area is 355 Å². The maximum absolute atomic E-state index is 14.2. The van der Waals surface area contributed by atoms with Gasteiger partial charge >= 0.3 is 5.97 Å². The van der Waals surface area contributed by atoms with Crippen LogP contribution in [-0.2, 0) is 43.2 Å². The summed E-state index contributed by atoms with van der Waals surface area (Å²) in [6, 6.07) is 5.08. The minimum atomic E-state index is -0.959. The first-order valence-electron chi connectivity index (χ1n) is 21.6. The van der Waals surface area contributed by atoms with E-state index in [-0.39, 0.29) is 48.7 Å². The van der Waals surface area contributed by atoms with Gasteiger partial charge in [-0.2, -0.15) is 0 Å². The van der Waals surface area contributed by atoms with Crippen LogP contribution in [0.2, 0.25) is 0 Å². The van der Waals surface area contributed by atoms with Crippen LogP contribution in [0.15, 0.2) is 29.8 Å². The normalized spacial score (nSPS) is 26.3. The molecule has 5 aliphatic rings. The molecule has 9 rings (SSSR count). The number of hydrazine groups is 1. The summed E-state index contributed by atoms with van der Waals surface area (Å²) in [6.45, 7) is 15.0. The highest BCUT2D eigenvalue weighted by atomic mass is 32.1. The fraction of sp³-hybridized carbons (Fsp3) is 0.578. The van der Waals surface area contributed by atoms with Crippen LogP contribution in [0.25, 0.3) is 33.4 Å². The summed E-state index contributed by atoms with van der Waals surface area (Å²) in [6.07, 6.45) is 4.84. The number of methoxy groups -OCH3 is 1. The van der Waals surface area contributed by atoms with Gasteiger partial charge in [-0.1, -0.05) is 13.8 Å². The highest BCUT2D eigenvalue weighted by Crippen LogP contribution is 2.49. The van der Waals surface area contributed by atoms with Gasteiger partial charge in [-0.15, -0.1) is 11.3 Å². The highest BCUT2D eigenvalue weighted by Gasteiger charge is 2.49. The number of fused-ring (bicyclic) bond motifs is 6. The number of benzene rings is 1. The number of piperazine rings is 1. The maximum Gasteiger partial charge on any atom is 0.325 e. The lowest BCUT2D eigenvalue weighted by atomic mass is 9.99. The number of thiazole rings is 1. The molecular weight excluding hydrogens is 781 g/mol. The number of ether oxygens (including phenoxy) is 3. The van der Waals surface area contributed by atoms with Crippen molar-refractivity contribution in [1.82, 2.24) is 35.2 Å². The van der Waals surface area contributed by atoms with Crippen LogP contribution in [0, 0.1) is 17.8 Å². The van der Waals surface area contributed by atoms with Crippen molar-refractivity contribution in [2.75, 3.05) is 58.4 Å². The standard InChI is InChI=1S/C45H58N8O6S/c1-25-26(2)37(25)42(54)48-34-21-36-47-35(23-60-36)29-18-28-10-8-12-52-39(28)32(19-29)41(59-45(4,5)24-58-44(56)33-11-9-13-53(49-33)43(34)55)40(52)31-20-30(22-46-38(31)27(3)57-7)51-16-14-50(6)15-17-51/h18-20,22-23,25-27,33-34,37,49H,8-17,21,24H2,1-7H3,(H,48,54)/t25-,26+,27-,33-,34-,37?/m0/s1. The van der Waals surface area contributed by atoms with Crippen LogP contribution in [0.1, 0.15) is 76.3 Å². The van der Waals surface area contributed by atoms with Crippen LogP contribution in [0.4, 0.5) is 5.69 Å². The monoisotopic (exact) mass is 838 g/mol. The van der Waals surface area contributed by atoms with Crippen molar-refractivity contribution < 1.29 is 28.6 Å². The quantitative estimate of drug-likeness (QED) is 0.242. The van der Waals surface area contributed by atoms with Crippen molar-refractivity contribution in [3.63, 3.8) is 0 Å². The first-order valence-corrected chi connectivity index (χ1v) is 22.5. The zero-order valence-electron chi connectivity index (χ0n) is 35.9. The minimum absolute atomic E-state index is 0.0244. The lowest BCUT2D eigenvalue weighted by molar-refractivity contribution is -0.157. The Morgan fingerprint density at radius 1 is 1.07 bits per heavy atom.